The van der Waals surface area contributed by atoms with E-state index >= 15 is 0 Å². The molecule has 3 nitrogen and oxygen atoms in total. The molecule has 1 saturated carbocycles. The molecular weight excluding hydrogens is 326 g/mol. The maximum absolute atomic E-state index is 12.1. The first-order valence-electron chi connectivity index (χ1n) is 7.78. The van der Waals surface area contributed by atoms with E-state index in [1.54, 1.807) is 0 Å². The van der Waals surface area contributed by atoms with Crippen molar-refractivity contribution in [2.24, 2.45) is 4.99 Å². The Kier molecular flexibility index (Phi) is 5.62. The molecule has 1 aliphatic heterocycles. The third-order valence-electron chi connectivity index (χ3n) is 3.73. The number of hydrogen-bond donors (Lipinski definition) is 0. The molecule has 0 radical (unpaired) electrons. The summed E-state index contributed by atoms with van der Waals surface area (Å²) in [6, 6.07) is 7.86. The number of hydrogen-bond acceptors (Lipinski definition) is 5. The van der Waals surface area contributed by atoms with Crippen LogP contribution >= 0.6 is 23.5 Å². The second-order valence-corrected chi connectivity index (χ2v) is 7.69. The van der Waals surface area contributed by atoms with Gasteiger partial charge in [0.15, 0.2) is 0 Å². The van der Waals surface area contributed by atoms with Gasteiger partial charge in [-0.05, 0) is 49.6 Å². The summed E-state index contributed by atoms with van der Waals surface area (Å²) in [5.41, 5.74) is 1.41. The maximum Gasteiger partial charge on any atom is 0.244 e. The molecule has 2 aliphatic rings. The van der Waals surface area contributed by atoms with Crippen molar-refractivity contribution in [1.29, 1.82) is 0 Å². The summed E-state index contributed by atoms with van der Waals surface area (Å²) in [6.07, 6.45) is 8.63. The Labute approximate surface area is 145 Å². The molecule has 23 heavy (non-hydrogen) atoms. The molecule has 0 atom stereocenters. The first-order valence-corrected chi connectivity index (χ1v) is 9.58. The molecule has 1 aliphatic carbocycles. The van der Waals surface area contributed by atoms with Crippen molar-refractivity contribution >= 4 is 39.1 Å². The van der Waals surface area contributed by atoms with Gasteiger partial charge in [-0.3, -0.25) is 4.79 Å². The summed E-state index contributed by atoms with van der Waals surface area (Å²) in [7, 11) is 0. The van der Waals surface area contributed by atoms with Gasteiger partial charge in [0.1, 0.15) is 15.8 Å². The third-order valence-corrected chi connectivity index (χ3v) is 5.74. The smallest absolute Gasteiger partial charge is 0.244 e. The predicted octanol–water partition coefficient (Wildman–Crippen LogP) is 4.90. The van der Waals surface area contributed by atoms with E-state index in [0.717, 1.165) is 34.3 Å². The Hall–Kier alpha value is -1.46. The van der Waals surface area contributed by atoms with Crippen LogP contribution in [0.4, 0.5) is 0 Å². The van der Waals surface area contributed by atoms with Crippen molar-refractivity contribution in [3.8, 4) is 5.75 Å². The zero-order valence-corrected chi connectivity index (χ0v) is 14.5. The van der Waals surface area contributed by atoms with E-state index < -0.39 is 0 Å². The number of nitrogens with zero attached hydrogens (tertiary/aromatic N) is 1. The van der Waals surface area contributed by atoms with Crippen LogP contribution in [0.2, 0.25) is 0 Å². The van der Waals surface area contributed by atoms with Gasteiger partial charge >= 0.3 is 0 Å². The molecule has 0 spiro atoms. The van der Waals surface area contributed by atoms with Crippen molar-refractivity contribution in [3.63, 3.8) is 0 Å². The first kappa shape index (κ1) is 16.4. The summed E-state index contributed by atoms with van der Waals surface area (Å²) >= 11 is 2.72. The average Bonchev–Trinajstić information content (AvgIpc) is 3.17. The summed E-state index contributed by atoms with van der Waals surface area (Å²) in [6.45, 7) is 3.69. The van der Waals surface area contributed by atoms with E-state index in [4.69, 9.17) is 4.74 Å². The molecule has 0 saturated heterocycles. The summed E-state index contributed by atoms with van der Waals surface area (Å²) < 4.78 is 6.90. The lowest BCUT2D eigenvalue weighted by atomic mass is 10.1. The molecule has 0 amide bonds. The normalized spacial score (nSPS) is 20.1. The minimum absolute atomic E-state index is 0.00719. The van der Waals surface area contributed by atoms with Crippen molar-refractivity contribution in [2.75, 3.05) is 5.75 Å². The highest BCUT2D eigenvalue weighted by Crippen LogP contribution is 2.33. The number of carbonyl (C=O) groups excluding carboxylic acids is 1. The zero-order valence-electron chi connectivity index (χ0n) is 12.9. The van der Waals surface area contributed by atoms with Crippen LogP contribution in [0.25, 0.3) is 6.08 Å². The summed E-state index contributed by atoms with van der Waals surface area (Å²) in [5, 5.41) is -0.00719. The minimum atomic E-state index is -0.00719. The zero-order chi connectivity index (χ0) is 16.1. The van der Waals surface area contributed by atoms with Crippen molar-refractivity contribution in [2.45, 2.75) is 31.8 Å². The highest BCUT2D eigenvalue weighted by molar-refractivity contribution is 8.45. The Morgan fingerprint density at radius 3 is 2.91 bits per heavy atom. The van der Waals surface area contributed by atoms with E-state index in [9.17, 15) is 4.79 Å². The second kappa shape index (κ2) is 7.88. The Bertz CT molecular complexity index is 661. The molecule has 5 heteroatoms. The quantitative estimate of drug-likeness (QED) is 0.562. The third kappa shape index (κ3) is 4.30. The van der Waals surface area contributed by atoms with Gasteiger partial charge in [-0.15, -0.1) is 6.58 Å². The Morgan fingerprint density at radius 2 is 2.13 bits per heavy atom. The van der Waals surface area contributed by atoms with Crippen LogP contribution in [0.5, 0.6) is 5.75 Å². The van der Waals surface area contributed by atoms with Crippen molar-refractivity contribution in [3.05, 3.63) is 48.2 Å². The number of thioether (sulfide) groups is 2. The molecule has 1 aromatic carbocycles. The van der Waals surface area contributed by atoms with Gasteiger partial charge in [0, 0.05) is 11.3 Å². The van der Waals surface area contributed by atoms with E-state index in [2.05, 4.69) is 11.6 Å². The molecule has 0 unspecified atom stereocenters. The van der Waals surface area contributed by atoms with Crippen LogP contribution in [-0.4, -0.2) is 21.3 Å². The van der Waals surface area contributed by atoms with E-state index in [1.807, 2.05) is 36.4 Å². The van der Waals surface area contributed by atoms with Crippen LogP contribution in [-0.2, 0) is 4.79 Å². The molecular formula is C18H19NO2S2. The molecule has 0 N–H and O–H groups in total. The van der Waals surface area contributed by atoms with Gasteiger partial charge in [0.05, 0.1) is 6.10 Å². The highest BCUT2D eigenvalue weighted by atomic mass is 32.2. The van der Waals surface area contributed by atoms with Gasteiger partial charge in [-0.2, -0.15) is 0 Å². The summed E-state index contributed by atoms with van der Waals surface area (Å²) in [5.74, 6) is 1.60. The van der Waals surface area contributed by atoms with Gasteiger partial charge in [0.2, 0.25) is 5.12 Å². The lowest BCUT2D eigenvalue weighted by molar-refractivity contribution is -0.107. The van der Waals surface area contributed by atoms with Crippen molar-refractivity contribution in [1.82, 2.24) is 0 Å². The lowest BCUT2D eigenvalue weighted by Crippen LogP contribution is -2.11. The average molecular weight is 345 g/mol. The topological polar surface area (TPSA) is 38.7 Å². The SMILES string of the molecule is C=CCSC1=NC(=Cc2ccccc2OC2CCCC2)C(=O)S1. The fraction of sp³-hybridized carbons (Fsp3) is 0.333. The maximum atomic E-state index is 12.1. The summed E-state index contributed by atoms with van der Waals surface area (Å²) in [4.78, 5) is 16.5. The van der Waals surface area contributed by atoms with Gasteiger partial charge in [0.25, 0.3) is 0 Å². The molecule has 3 rings (SSSR count). The molecule has 120 valence electrons. The molecule has 0 bridgehead atoms. The Morgan fingerprint density at radius 1 is 1.35 bits per heavy atom. The van der Waals surface area contributed by atoms with Crippen LogP contribution in [0, 0.1) is 0 Å². The number of carbonyl (C=O) groups is 1. The Balaban J connectivity index is 1.79. The number of benzene rings is 1. The molecule has 0 aromatic heterocycles. The number of aliphatic imine (C=N–C) groups is 1. The largest absolute Gasteiger partial charge is 0.490 e. The number of rotatable bonds is 5. The van der Waals surface area contributed by atoms with Crippen LogP contribution < -0.4 is 4.74 Å². The minimum Gasteiger partial charge on any atom is -0.490 e. The fourth-order valence-corrected chi connectivity index (χ4v) is 4.22. The predicted molar refractivity (Wildman–Crippen MR) is 100.0 cm³/mol. The number of para-hydroxylation sites is 1. The standard InChI is InChI=1S/C18H19NO2S2/c1-2-11-22-18-19-15(17(20)23-18)12-13-7-3-6-10-16(13)21-14-8-4-5-9-14/h2-3,6-7,10,12,14H,1,4-5,8-9,11H2. The van der Waals surface area contributed by atoms with Crippen LogP contribution in [0.3, 0.4) is 0 Å². The van der Waals surface area contributed by atoms with E-state index in [0.29, 0.717) is 11.8 Å². The highest BCUT2D eigenvalue weighted by Gasteiger charge is 2.23. The van der Waals surface area contributed by atoms with E-state index in [-0.39, 0.29) is 5.12 Å². The molecule has 1 heterocycles. The van der Waals surface area contributed by atoms with Crippen LogP contribution in [0.1, 0.15) is 31.2 Å². The van der Waals surface area contributed by atoms with Crippen LogP contribution in [0.15, 0.2) is 47.6 Å². The molecule has 1 fully saturated rings. The second-order valence-electron chi connectivity index (χ2n) is 5.46. The molecule has 1 aromatic rings. The lowest BCUT2D eigenvalue weighted by Gasteiger charge is -2.15. The van der Waals surface area contributed by atoms with Gasteiger partial charge in [-0.25, -0.2) is 4.99 Å². The van der Waals surface area contributed by atoms with Crippen molar-refractivity contribution < 1.29 is 9.53 Å². The van der Waals surface area contributed by atoms with Gasteiger partial charge in [-0.1, -0.05) is 36.0 Å². The van der Waals surface area contributed by atoms with E-state index in [1.165, 1.54) is 36.4 Å². The monoisotopic (exact) mass is 345 g/mol. The number of ether oxygens (including phenoxy) is 1. The van der Waals surface area contributed by atoms with Gasteiger partial charge < -0.3 is 4.74 Å². The first-order chi connectivity index (χ1) is 11.3. The fourth-order valence-electron chi connectivity index (χ4n) is 2.62.